The molecule has 1 aromatic carbocycles. The van der Waals surface area contributed by atoms with Gasteiger partial charge in [-0.2, -0.15) is 0 Å². The van der Waals surface area contributed by atoms with Crippen LogP contribution in [0.2, 0.25) is 19.6 Å². The van der Waals surface area contributed by atoms with E-state index in [-0.39, 0.29) is 5.63 Å². The van der Waals surface area contributed by atoms with E-state index in [1.807, 2.05) is 25.1 Å². The normalized spacial score (nSPS) is 11.8. The Kier molecular flexibility index (Phi) is 2.83. The van der Waals surface area contributed by atoms with Gasteiger partial charge in [-0.1, -0.05) is 11.6 Å². The summed E-state index contributed by atoms with van der Waals surface area (Å²) >= 11 is 0. The number of hydrogen-bond acceptors (Lipinski definition) is 3. The predicted molar refractivity (Wildman–Crippen MR) is 71.2 cm³/mol. The van der Waals surface area contributed by atoms with Gasteiger partial charge in [-0.3, -0.25) is 0 Å². The van der Waals surface area contributed by atoms with Gasteiger partial charge in [-0.15, -0.1) is 0 Å². The molecule has 0 spiro atoms. The topological polar surface area (TPSA) is 39.4 Å². The molecule has 2 aromatic rings. The number of rotatable bonds is 2. The van der Waals surface area contributed by atoms with E-state index in [0.29, 0.717) is 11.3 Å². The molecule has 1 heterocycles. The zero-order valence-corrected chi connectivity index (χ0v) is 11.5. The second-order valence-corrected chi connectivity index (χ2v) is 9.57. The van der Waals surface area contributed by atoms with Crippen molar-refractivity contribution in [3.8, 4) is 5.75 Å². The number of benzene rings is 1. The van der Waals surface area contributed by atoms with Crippen LogP contribution in [0.3, 0.4) is 0 Å². The molecule has 0 aliphatic carbocycles. The SMILES string of the molecule is Cc1ccc2oc(=O)cc(O[Si](C)(C)C)c2c1. The third-order valence-corrected chi connectivity index (χ3v) is 3.11. The van der Waals surface area contributed by atoms with Gasteiger partial charge >= 0.3 is 5.63 Å². The molecule has 0 aliphatic heterocycles. The highest BCUT2D eigenvalue weighted by Gasteiger charge is 2.18. The van der Waals surface area contributed by atoms with E-state index in [1.54, 1.807) is 0 Å². The van der Waals surface area contributed by atoms with E-state index in [4.69, 9.17) is 8.84 Å². The third-order valence-electron chi connectivity index (χ3n) is 2.28. The first kappa shape index (κ1) is 11.9. The Labute approximate surface area is 101 Å². The smallest absolute Gasteiger partial charge is 0.339 e. The Morgan fingerprint density at radius 3 is 2.53 bits per heavy atom. The molecule has 90 valence electrons. The van der Waals surface area contributed by atoms with Crippen molar-refractivity contribution < 1.29 is 8.84 Å². The van der Waals surface area contributed by atoms with E-state index in [2.05, 4.69) is 19.6 Å². The highest BCUT2D eigenvalue weighted by atomic mass is 28.4. The standard InChI is InChI=1S/C13H16O3Si/c1-9-5-6-11-10(7-9)12(8-13(14)15-11)16-17(2,3)4/h5-8H,1-4H3. The summed E-state index contributed by atoms with van der Waals surface area (Å²) in [5.41, 5.74) is 1.33. The first-order valence-electron chi connectivity index (χ1n) is 5.59. The zero-order valence-electron chi connectivity index (χ0n) is 10.5. The molecule has 17 heavy (non-hydrogen) atoms. The largest absolute Gasteiger partial charge is 0.544 e. The van der Waals surface area contributed by atoms with Crippen LogP contribution in [0.1, 0.15) is 5.56 Å². The summed E-state index contributed by atoms with van der Waals surface area (Å²) in [7, 11) is -1.74. The average Bonchev–Trinajstić information content (AvgIpc) is 2.16. The van der Waals surface area contributed by atoms with Crippen LogP contribution >= 0.6 is 0 Å². The predicted octanol–water partition coefficient (Wildman–Crippen LogP) is 3.32. The molecule has 1 aromatic heterocycles. The second kappa shape index (κ2) is 4.03. The Morgan fingerprint density at radius 1 is 1.18 bits per heavy atom. The summed E-state index contributed by atoms with van der Waals surface area (Å²) in [6, 6.07) is 7.14. The van der Waals surface area contributed by atoms with Crippen LogP contribution in [0, 0.1) is 6.92 Å². The van der Waals surface area contributed by atoms with Crippen molar-refractivity contribution in [1.82, 2.24) is 0 Å². The maximum absolute atomic E-state index is 11.4. The lowest BCUT2D eigenvalue weighted by atomic mass is 10.1. The maximum atomic E-state index is 11.4. The molecule has 0 amide bonds. The van der Waals surface area contributed by atoms with Crippen molar-refractivity contribution in [2.45, 2.75) is 26.6 Å². The first-order chi connectivity index (χ1) is 7.85. The van der Waals surface area contributed by atoms with Gasteiger partial charge in [0.05, 0.1) is 11.5 Å². The summed E-state index contributed by atoms with van der Waals surface area (Å²) < 4.78 is 11.1. The fourth-order valence-electron chi connectivity index (χ4n) is 1.66. The van der Waals surface area contributed by atoms with Crippen molar-refractivity contribution in [2.24, 2.45) is 0 Å². The Morgan fingerprint density at radius 2 is 1.88 bits per heavy atom. The van der Waals surface area contributed by atoms with E-state index in [0.717, 1.165) is 10.9 Å². The Bertz CT molecular complexity index is 608. The monoisotopic (exact) mass is 248 g/mol. The van der Waals surface area contributed by atoms with E-state index < -0.39 is 8.32 Å². The van der Waals surface area contributed by atoms with E-state index >= 15 is 0 Å². The van der Waals surface area contributed by atoms with Gasteiger partial charge in [0.1, 0.15) is 11.3 Å². The molecule has 0 bridgehead atoms. The summed E-state index contributed by atoms with van der Waals surface area (Å²) in [6.07, 6.45) is 0. The van der Waals surface area contributed by atoms with Crippen molar-refractivity contribution >= 4 is 19.3 Å². The molecule has 3 nitrogen and oxygen atoms in total. The molecule has 0 unspecified atom stereocenters. The van der Waals surface area contributed by atoms with Gasteiger partial charge in [0, 0.05) is 0 Å². The highest BCUT2D eigenvalue weighted by molar-refractivity contribution is 6.70. The summed E-state index contributed by atoms with van der Waals surface area (Å²) in [5, 5.41) is 0.868. The lowest BCUT2D eigenvalue weighted by Gasteiger charge is -2.19. The van der Waals surface area contributed by atoms with Crippen LogP contribution in [0.25, 0.3) is 11.0 Å². The van der Waals surface area contributed by atoms with Crippen LogP contribution in [0.4, 0.5) is 0 Å². The maximum Gasteiger partial charge on any atom is 0.339 e. The number of hydrogen-bond donors (Lipinski definition) is 0. The van der Waals surface area contributed by atoms with Gasteiger partial charge in [0.25, 0.3) is 0 Å². The van der Waals surface area contributed by atoms with Gasteiger partial charge in [-0.05, 0) is 38.7 Å². The summed E-state index contributed by atoms with van der Waals surface area (Å²) in [6.45, 7) is 8.26. The summed E-state index contributed by atoms with van der Waals surface area (Å²) in [4.78, 5) is 11.4. The molecular weight excluding hydrogens is 232 g/mol. The third kappa shape index (κ3) is 2.77. The molecule has 0 radical (unpaired) electrons. The fraction of sp³-hybridized carbons (Fsp3) is 0.308. The minimum Gasteiger partial charge on any atom is -0.544 e. The van der Waals surface area contributed by atoms with Crippen LogP contribution in [0.15, 0.2) is 33.5 Å². The lowest BCUT2D eigenvalue weighted by Crippen LogP contribution is -2.29. The highest BCUT2D eigenvalue weighted by Crippen LogP contribution is 2.26. The fourth-order valence-corrected chi connectivity index (χ4v) is 2.49. The van der Waals surface area contributed by atoms with E-state index in [1.165, 1.54) is 6.07 Å². The van der Waals surface area contributed by atoms with Crippen LogP contribution in [0.5, 0.6) is 5.75 Å². The zero-order chi connectivity index (χ0) is 12.6. The van der Waals surface area contributed by atoms with Crippen molar-refractivity contribution in [3.05, 3.63) is 40.2 Å². The number of aryl methyl sites for hydroxylation is 1. The Balaban J connectivity index is 2.68. The van der Waals surface area contributed by atoms with Crippen molar-refractivity contribution in [3.63, 3.8) is 0 Å². The molecule has 0 fully saturated rings. The first-order valence-corrected chi connectivity index (χ1v) is 8.99. The molecule has 0 aliphatic rings. The van der Waals surface area contributed by atoms with Crippen LogP contribution in [-0.4, -0.2) is 8.32 Å². The van der Waals surface area contributed by atoms with Gasteiger partial charge in [-0.25, -0.2) is 4.79 Å². The van der Waals surface area contributed by atoms with Crippen molar-refractivity contribution in [1.29, 1.82) is 0 Å². The van der Waals surface area contributed by atoms with E-state index in [9.17, 15) is 4.79 Å². The molecule has 2 rings (SSSR count). The minimum absolute atomic E-state index is 0.366. The average molecular weight is 248 g/mol. The van der Waals surface area contributed by atoms with Crippen LogP contribution in [-0.2, 0) is 0 Å². The second-order valence-electron chi connectivity index (χ2n) is 5.14. The molecule has 4 heteroatoms. The molecule has 0 saturated heterocycles. The number of fused-ring (bicyclic) bond motifs is 1. The molecule has 0 N–H and O–H groups in total. The Hall–Kier alpha value is -1.55. The minimum atomic E-state index is -1.74. The summed E-state index contributed by atoms with van der Waals surface area (Å²) in [5.74, 6) is 0.638. The van der Waals surface area contributed by atoms with Gasteiger partial charge < -0.3 is 8.84 Å². The molecule has 0 atom stereocenters. The molecule has 0 saturated carbocycles. The van der Waals surface area contributed by atoms with Crippen LogP contribution < -0.4 is 10.1 Å². The molecular formula is C13H16O3Si. The van der Waals surface area contributed by atoms with Crippen molar-refractivity contribution in [2.75, 3.05) is 0 Å². The lowest BCUT2D eigenvalue weighted by molar-refractivity contribution is 0.526. The van der Waals surface area contributed by atoms with Gasteiger partial charge in [0.2, 0.25) is 8.32 Å². The quantitative estimate of drug-likeness (QED) is 0.604. The van der Waals surface area contributed by atoms with Gasteiger partial charge in [0.15, 0.2) is 0 Å².